The molecule has 2 amide bonds. The molecule has 5 nitrogen and oxygen atoms in total. The van der Waals surface area contributed by atoms with Gasteiger partial charge in [0.25, 0.3) is 5.91 Å². The van der Waals surface area contributed by atoms with Gasteiger partial charge in [0.2, 0.25) is 5.91 Å². The van der Waals surface area contributed by atoms with E-state index >= 15 is 0 Å². The Labute approximate surface area is 171 Å². The summed E-state index contributed by atoms with van der Waals surface area (Å²) in [5, 5.41) is 2.98. The Morgan fingerprint density at radius 3 is 2.61 bits per heavy atom. The van der Waals surface area contributed by atoms with E-state index in [9.17, 15) is 9.59 Å². The quantitative estimate of drug-likeness (QED) is 0.651. The Hall–Kier alpha value is -2.86. The first kappa shape index (κ1) is 18.5. The minimum atomic E-state index is -0.615. The molecule has 0 radical (unpaired) electrons. The van der Waals surface area contributed by atoms with Crippen LogP contribution < -0.4 is 5.32 Å². The SMILES string of the molecule is Cc1cc(Br)ccc1NC(=O)C1Cc2ccccc2CN1C(=O)c1ccco1. The van der Waals surface area contributed by atoms with Crippen molar-refractivity contribution >= 4 is 33.4 Å². The van der Waals surface area contributed by atoms with Crippen molar-refractivity contribution in [2.24, 2.45) is 0 Å². The normalized spacial score (nSPS) is 15.8. The van der Waals surface area contributed by atoms with E-state index in [1.54, 1.807) is 17.0 Å². The number of nitrogens with zero attached hydrogens (tertiary/aromatic N) is 1. The van der Waals surface area contributed by atoms with E-state index in [0.717, 1.165) is 26.9 Å². The van der Waals surface area contributed by atoms with Gasteiger partial charge in [-0.2, -0.15) is 0 Å². The zero-order chi connectivity index (χ0) is 19.7. The summed E-state index contributed by atoms with van der Waals surface area (Å²) in [6.45, 7) is 2.30. The van der Waals surface area contributed by atoms with E-state index < -0.39 is 6.04 Å². The third kappa shape index (κ3) is 3.60. The Morgan fingerprint density at radius 2 is 1.89 bits per heavy atom. The maximum atomic E-state index is 13.2. The molecule has 0 saturated carbocycles. The molecule has 1 N–H and O–H groups in total. The van der Waals surface area contributed by atoms with Crippen LogP contribution in [0.4, 0.5) is 5.69 Å². The summed E-state index contributed by atoms with van der Waals surface area (Å²) in [4.78, 5) is 27.7. The van der Waals surface area contributed by atoms with Crippen molar-refractivity contribution in [1.29, 1.82) is 0 Å². The lowest BCUT2D eigenvalue weighted by Gasteiger charge is -2.35. The molecule has 0 spiro atoms. The zero-order valence-corrected chi connectivity index (χ0v) is 16.9. The molecule has 1 aliphatic rings. The van der Waals surface area contributed by atoms with Crippen molar-refractivity contribution in [3.8, 4) is 0 Å². The molecular formula is C22H19BrN2O3. The van der Waals surface area contributed by atoms with E-state index in [-0.39, 0.29) is 17.6 Å². The smallest absolute Gasteiger partial charge is 0.290 e. The number of amides is 2. The number of carbonyl (C=O) groups is 2. The summed E-state index contributed by atoms with van der Waals surface area (Å²) in [6.07, 6.45) is 1.93. The average molecular weight is 439 g/mol. The van der Waals surface area contributed by atoms with Crippen LogP contribution in [0.15, 0.2) is 69.8 Å². The fraction of sp³-hybridized carbons (Fsp3) is 0.182. The molecule has 6 heteroatoms. The van der Waals surface area contributed by atoms with Crippen molar-refractivity contribution in [3.63, 3.8) is 0 Å². The van der Waals surface area contributed by atoms with Crippen LogP contribution in [-0.2, 0) is 17.8 Å². The van der Waals surface area contributed by atoms with Crippen molar-refractivity contribution in [3.05, 3.63) is 87.8 Å². The Morgan fingerprint density at radius 1 is 1.11 bits per heavy atom. The Bertz CT molecular complexity index is 1030. The minimum absolute atomic E-state index is 0.208. The summed E-state index contributed by atoms with van der Waals surface area (Å²) in [6, 6.07) is 16.3. The molecule has 2 heterocycles. The van der Waals surface area contributed by atoms with Crippen LogP contribution in [0.2, 0.25) is 0 Å². The van der Waals surface area contributed by atoms with Gasteiger partial charge < -0.3 is 14.6 Å². The van der Waals surface area contributed by atoms with Crippen LogP contribution in [-0.4, -0.2) is 22.8 Å². The van der Waals surface area contributed by atoms with Gasteiger partial charge in [0, 0.05) is 23.1 Å². The van der Waals surface area contributed by atoms with E-state index in [1.165, 1.54) is 6.26 Å². The van der Waals surface area contributed by atoms with Gasteiger partial charge in [0.05, 0.1) is 6.26 Å². The summed E-state index contributed by atoms with van der Waals surface area (Å²) in [5.74, 6) is -0.260. The number of benzene rings is 2. The lowest BCUT2D eigenvalue weighted by atomic mass is 9.93. The van der Waals surface area contributed by atoms with Crippen molar-refractivity contribution in [1.82, 2.24) is 4.90 Å². The van der Waals surface area contributed by atoms with Crippen LogP contribution in [0.3, 0.4) is 0 Å². The molecule has 0 bridgehead atoms. The van der Waals surface area contributed by atoms with Crippen molar-refractivity contribution < 1.29 is 14.0 Å². The zero-order valence-electron chi connectivity index (χ0n) is 15.3. The number of carbonyl (C=O) groups excluding carboxylic acids is 2. The van der Waals surface area contributed by atoms with Gasteiger partial charge in [-0.25, -0.2) is 0 Å². The molecule has 3 aromatic rings. The number of hydrogen-bond donors (Lipinski definition) is 1. The largest absolute Gasteiger partial charge is 0.459 e. The fourth-order valence-corrected chi connectivity index (χ4v) is 3.97. The fourth-order valence-electron chi connectivity index (χ4n) is 3.50. The third-order valence-corrected chi connectivity index (χ3v) is 5.48. The van der Waals surface area contributed by atoms with Gasteiger partial charge in [0.15, 0.2) is 5.76 Å². The number of anilines is 1. The maximum absolute atomic E-state index is 13.2. The Balaban J connectivity index is 1.65. The molecule has 1 aliphatic heterocycles. The number of nitrogens with one attached hydrogen (secondary N) is 1. The van der Waals surface area contributed by atoms with E-state index in [4.69, 9.17) is 4.42 Å². The van der Waals surface area contributed by atoms with Gasteiger partial charge in [-0.3, -0.25) is 9.59 Å². The average Bonchev–Trinajstić information content (AvgIpc) is 3.23. The molecule has 1 atom stereocenters. The predicted molar refractivity (Wildman–Crippen MR) is 110 cm³/mol. The number of hydrogen-bond acceptors (Lipinski definition) is 3. The van der Waals surface area contributed by atoms with Gasteiger partial charge in [0.1, 0.15) is 6.04 Å². The summed E-state index contributed by atoms with van der Waals surface area (Å²) >= 11 is 3.43. The molecule has 0 fully saturated rings. The number of rotatable bonds is 3. The monoisotopic (exact) mass is 438 g/mol. The maximum Gasteiger partial charge on any atom is 0.290 e. The molecule has 142 valence electrons. The van der Waals surface area contributed by atoms with E-state index in [2.05, 4.69) is 21.2 Å². The van der Waals surface area contributed by atoms with Crippen molar-refractivity contribution in [2.45, 2.75) is 25.9 Å². The highest BCUT2D eigenvalue weighted by Crippen LogP contribution is 2.27. The first-order valence-corrected chi connectivity index (χ1v) is 9.80. The lowest BCUT2D eigenvalue weighted by Crippen LogP contribution is -2.50. The summed E-state index contributed by atoms with van der Waals surface area (Å²) < 4.78 is 6.24. The molecule has 28 heavy (non-hydrogen) atoms. The number of fused-ring (bicyclic) bond motifs is 1. The second kappa shape index (κ2) is 7.64. The topological polar surface area (TPSA) is 62.6 Å². The van der Waals surface area contributed by atoms with Crippen molar-refractivity contribution in [2.75, 3.05) is 5.32 Å². The molecule has 1 aromatic heterocycles. The van der Waals surface area contributed by atoms with E-state index in [0.29, 0.717) is 13.0 Å². The highest BCUT2D eigenvalue weighted by Gasteiger charge is 2.36. The van der Waals surface area contributed by atoms with Crippen LogP contribution in [0.5, 0.6) is 0 Å². The van der Waals surface area contributed by atoms with Crippen LogP contribution in [0.25, 0.3) is 0 Å². The highest BCUT2D eigenvalue weighted by molar-refractivity contribution is 9.10. The first-order chi connectivity index (χ1) is 13.5. The minimum Gasteiger partial charge on any atom is -0.459 e. The standard InChI is InChI=1S/C22H19BrN2O3/c1-14-11-17(23)8-9-18(14)24-21(26)19-12-15-5-2-3-6-16(15)13-25(19)22(27)20-7-4-10-28-20/h2-11,19H,12-13H2,1H3,(H,24,26). The van der Waals surface area contributed by atoms with Gasteiger partial charge in [-0.05, 0) is 53.9 Å². The second-order valence-electron chi connectivity index (χ2n) is 6.85. The van der Waals surface area contributed by atoms with Crippen LogP contribution in [0, 0.1) is 6.92 Å². The van der Waals surface area contributed by atoms with E-state index in [1.807, 2.05) is 49.4 Å². The molecular weight excluding hydrogens is 420 g/mol. The Kier molecular flexibility index (Phi) is 5.05. The highest BCUT2D eigenvalue weighted by atomic mass is 79.9. The molecule has 0 saturated heterocycles. The molecule has 0 aliphatic carbocycles. The molecule has 1 unspecified atom stereocenters. The van der Waals surface area contributed by atoms with Gasteiger partial charge in [-0.1, -0.05) is 40.2 Å². The van der Waals surface area contributed by atoms with Gasteiger partial charge >= 0.3 is 0 Å². The number of furan rings is 1. The molecule has 4 rings (SSSR count). The molecule has 2 aromatic carbocycles. The first-order valence-electron chi connectivity index (χ1n) is 9.01. The summed E-state index contributed by atoms with van der Waals surface area (Å²) in [7, 11) is 0. The predicted octanol–water partition coefficient (Wildman–Crippen LogP) is 4.56. The third-order valence-electron chi connectivity index (χ3n) is 4.99. The van der Waals surface area contributed by atoms with Crippen LogP contribution in [0.1, 0.15) is 27.2 Å². The lowest BCUT2D eigenvalue weighted by molar-refractivity contribution is -0.121. The summed E-state index contributed by atoms with van der Waals surface area (Å²) in [5.41, 5.74) is 3.81. The number of halogens is 1. The van der Waals surface area contributed by atoms with Gasteiger partial charge in [-0.15, -0.1) is 0 Å². The second-order valence-corrected chi connectivity index (χ2v) is 7.76. The number of aryl methyl sites for hydroxylation is 1. The van der Waals surface area contributed by atoms with Crippen LogP contribution >= 0.6 is 15.9 Å².